The van der Waals surface area contributed by atoms with Gasteiger partial charge in [-0.3, -0.25) is 14.6 Å². The Bertz CT molecular complexity index is 989. The van der Waals surface area contributed by atoms with Crippen LogP contribution in [0.4, 0.5) is 5.69 Å². The Morgan fingerprint density at radius 3 is 2.55 bits per heavy atom. The standard InChI is InChI=1S/C23H23N3O3/c1-3-29-21-11-5-7-17(14-21)16(2)25-22(27)18-8-4-10-20(13-18)26-23(28)19-9-6-12-24-15-19/h4-16H,3H2,1-2H3,(H,25,27)(H,26,28). The summed E-state index contributed by atoms with van der Waals surface area (Å²) in [6.07, 6.45) is 3.09. The van der Waals surface area contributed by atoms with Gasteiger partial charge in [-0.1, -0.05) is 18.2 Å². The van der Waals surface area contributed by atoms with Crippen molar-refractivity contribution in [2.45, 2.75) is 19.9 Å². The number of ether oxygens (including phenoxy) is 1. The Morgan fingerprint density at radius 1 is 1.00 bits per heavy atom. The molecule has 0 fully saturated rings. The number of hydrogen-bond acceptors (Lipinski definition) is 4. The van der Waals surface area contributed by atoms with Crippen molar-refractivity contribution < 1.29 is 14.3 Å². The molecule has 1 atom stereocenters. The Kier molecular flexibility index (Phi) is 6.58. The molecule has 0 saturated heterocycles. The average Bonchev–Trinajstić information content (AvgIpc) is 2.75. The summed E-state index contributed by atoms with van der Waals surface area (Å²) in [4.78, 5) is 28.9. The molecule has 0 aliphatic heterocycles. The van der Waals surface area contributed by atoms with E-state index in [9.17, 15) is 9.59 Å². The van der Waals surface area contributed by atoms with Crippen molar-refractivity contribution in [3.05, 3.63) is 89.7 Å². The van der Waals surface area contributed by atoms with Crippen LogP contribution in [0.3, 0.4) is 0 Å². The number of nitrogens with one attached hydrogen (secondary N) is 2. The Hall–Kier alpha value is -3.67. The lowest BCUT2D eigenvalue weighted by molar-refractivity contribution is 0.0938. The second-order valence-corrected chi connectivity index (χ2v) is 6.48. The molecule has 0 aliphatic carbocycles. The summed E-state index contributed by atoms with van der Waals surface area (Å²) in [5.41, 5.74) is 2.40. The summed E-state index contributed by atoms with van der Waals surface area (Å²) in [6, 6.07) is 17.6. The highest BCUT2D eigenvalue weighted by Gasteiger charge is 2.13. The fourth-order valence-electron chi connectivity index (χ4n) is 2.84. The van der Waals surface area contributed by atoms with E-state index in [4.69, 9.17) is 4.74 Å². The molecule has 2 aromatic carbocycles. The number of nitrogens with zero attached hydrogens (tertiary/aromatic N) is 1. The number of aromatic nitrogens is 1. The van der Waals surface area contributed by atoms with Crippen LogP contribution in [0.25, 0.3) is 0 Å². The summed E-state index contributed by atoms with van der Waals surface area (Å²) in [6.45, 7) is 4.43. The summed E-state index contributed by atoms with van der Waals surface area (Å²) in [5, 5.41) is 5.76. The first-order chi connectivity index (χ1) is 14.1. The first-order valence-electron chi connectivity index (χ1n) is 9.42. The Balaban J connectivity index is 1.67. The second kappa shape index (κ2) is 9.50. The molecule has 29 heavy (non-hydrogen) atoms. The minimum atomic E-state index is -0.281. The predicted octanol–water partition coefficient (Wildman–Crippen LogP) is 4.22. The van der Waals surface area contributed by atoms with Gasteiger partial charge in [0.25, 0.3) is 11.8 Å². The van der Waals surface area contributed by atoms with Crippen molar-refractivity contribution in [1.82, 2.24) is 10.3 Å². The molecule has 2 amide bonds. The molecular weight excluding hydrogens is 366 g/mol. The van der Waals surface area contributed by atoms with Crippen molar-refractivity contribution in [3.8, 4) is 5.75 Å². The third-order valence-electron chi connectivity index (χ3n) is 4.32. The zero-order chi connectivity index (χ0) is 20.6. The molecule has 148 valence electrons. The Labute approximate surface area is 169 Å². The van der Waals surface area contributed by atoms with E-state index < -0.39 is 0 Å². The van der Waals surface area contributed by atoms with Gasteiger partial charge < -0.3 is 15.4 Å². The van der Waals surface area contributed by atoms with Crippen LogP contribution in [0.2, 0.25) is 0 Å². The molecule has 6 nitrogen and oxygen atoms in total. The molecule has 1 unspecified atom stereocenters. The van der Waals surface area contributed by atoms with Crippen molar-refractivity contribution in [1.29, 1.82) is 0 Å². The maximum Gasteiger partial charge on any atom is 0.257 e. The number of pyridine rings is 1. The molecule has 2 N–H and O–H groups in total. The normalized spacial score (nSPS) is 11.4. The minimum Gasteiger partial charge on any atom is -0.494 e. The number of hydrogen-bond donors (Lipinski definition) is 2. The van der Waals surface area contributed by atoms with Gasteiger partial charge in [-0.25, -0.2) is 0 Å². The van der Waals surface area contributed by atoms with Gasteiger partial charge in [0.05, 0.1) is 18.2 Å². The molecule has 1 heterocycles. The summed E-state index contributed by atoms with van der Waals surface area (Å²) < 4.78 is 5.52. The SMILES string of the molecule is CCOc1cccc(C(C)NC(=O)c2cccc(NC(=O)c3cccnc3)c2)c1. The van der Waals surface area contributed by atoms with Crippen molar-refractivity contribution >= 4 is 17.5 Å². The zero-order valence-electron chi connectivity index (χ0n) is 16.4. The third kappa shape index (κ3) is 5.42. The van der Waals surface area contributed by atoms with Crippen LogP contribution in [-0.4, -0.2) is 23.4 Å². The van der Waals surface area contributed by atoms with Gasteiger partial charge in [-0.2, -0.15) is 0 Å². The summed E-state index contributed by atoms with van der Waals surface area (Å²) in [7, 11) is 0. The zero-order valence-corrected chi connectivity index (χ0v) is 16.4. The molecule has 6 heteroatoms. The van der Waals surface area contributed by atoms with Gasteiger partial charge in [0.1, 0.15) is 5.75 Å². The summed E-state index contributed by atoms with van der Waals surface area (Å²) in [5.74, 6) is 0.264. The lowest BCUT2D eigenvalue weighted by atomic mass is 10.1. The highest BCUT2D eigenvalue weighted by atomic mass is 16.5. The molecule has 0 aliphatic rings. The molecule has 3 rings (SSSR count). The van der Waals surface area contributed by atoms with Crippen LogP contribution in [0.1, 0.15) is 46.2 Å². The van der Waals surface area contributed by atoms with Gasteiger partial charge in [-0.05, 0) is 61.9 Å². The van der Waals surface area contributed by atoms with Gasteiger partial charge in [0.15, 0.2) is 0 Å². The first-order valence-corrected chi connectivity index (χ1v) is 9.42. The monoisotopic (exact) mass is 389 g/mol. The second-order valence-electron chi connectivity index (χ2n) is 6.48. The molecule has 3 aromatic rings. The van der Waals surface area contributed by atoms with E-state index in [1.54, 1.807) is 42.6 Å². The van der Waals surface area contributed by atoms with E-state index >= 15 is 0 Å². The first kappa shape index (κ1) is 20.1. The number of carbonyl (C=O) groups excluding carboxylic acids is 2. The van der Waals surface area contributed by atoms with Gasteiger partial charge >= 0.3 is 0 Å². The highest BCUT2D eigenvalue weighted by Crippen LogP contribution is 2.20. The quantitative estimate of drug-likeness (QED) is 0.634. The van der Waals surface area contributed by atoms with E-state index in [0.717, 1.165) is 11.3 Å². The number of anilines is 1. The van der Waals surface area contributed by atoms with Crippen molar-refractivity contribution in [2.24, 2.45) is 0 Å². The van der Waals surface area contributed by atoms with E-state index in [0.29, 0.717) is 23.4 Å². The Morgan fingerprint density at radius 2 is 1.79 bits per heavy atom. The highest BCUT2D eigenvalue weighted by molar-refractivity contribution is 6.04. The number of rotatable bonds is 7. The maximum atomic E-state index is 12.7. The molecular formula is C23H23N3O3. The van der Waals surface area contributed by atoms with Crippen LogP contribution in [0, 0.1) is 0 Å². The topological polar surface area (TPSA) is 80.3 Å². The molecule has 1 aromatic heterocycles. The molecule has 0 bridgehead atoms. The number of benzene rings is 2. The smallest absolute Gasteiger partial charge is 0.257 e. The fourth-order valence-corrected chi connectivity index (χ4v) is 2.84. The largest absolute Gasteiger partial charge is 0.494 e. The fraction of sp³-hybridized carbons (Fsp3) is 0.174. The lowest BCUT2D eigenvalue weighted by Gasteiger charge is -2.16. The summed E-state index contributed by atoms with van der Waals surface area (Å²) >= 11 is 0. The van der Waals surface area contributed by atoms with Gasteiger partial charge in [0.2, 0.25) is 0 Å². The van der Waals surface area contributed by atoms with E-state index in [-0.39, 0.29) is 17.9 Å². The van der Waals surface area contributed by atoms with Gasteiger partial charge in [-0.15, -0.1) is 0 Å². The van der Waals surface area contributed by atoms with Crippen LogP contribution >= 0.6 is 0 Å². The van der Waals surface area contributed by atoms with E-state index in [2.05, 4.69) is 15.6 Å². The third-order valence-corrected chi connectivity index (χ3v) is 4.32. The molecule has 0 spiro atoms. The predicted molar refractivity (Wildman–Crippen MR) is 112 cm³/mol. The minimum absolute atomic E-state index is 0.198. The van der Waals surface area contributed by atoms with Crippen LogP contribution < -0.4 is 15.4 Å². The van der Waals surface area contributed by atoms with Crippen LogP contribution in [0.15, 0.2) is 73.1 Å². The lowest BCUT2D eigenvalue weighted by Crippen LogP contribution is -2.26. The van der Waals surface area contributed by atoms with Crippen molar-refractivity contribution in [3.63, 3.8) is 0 Å². The van der Waals surface area contributed by atoms with Crippen LogP contribution in [-0.2, 0) is 0 Å². The molecule has 0 saturated carbocycles. The maximum absolute atomic E-state index is 12.7. The average molecular weight is 389 g/mol. The van der Waals surface area contributed by atoms with Crippen molar-refractivity contribution in [2.75, 3.05) is 11.9 Å². The van der Waals surface area contributed by atoms with Crippen LogP contribution in [0.5, 0.6) is 5.75 Å². The number of carbonyl (C=O) groups is 2. The van der Waals surface area contributed by atoms with E-state index in [1.165, 1.54) is 6.20 Å². The van der Waals surface area contributed by atoms with E-state index in [1.807, 2.05) is 38.1 Å². The van der Waals surface area contributed by atoms with Gasteiger partial charge in [0, 0.05) is 23.6 Å². The molecule has 0 radical (unpaired) electrons. The number of amides is 2.